The predicted octanol–water partition coefficient (Wildman–Crippen LogP) is 2.15. The molecular weight excluding hydrogens is 535 g/mol. The molecule has 4 rings (SSSR count). The van der Waals surface area contributed by atoms with Crippen LogP contribution < -0.4 is 14.2 Å². The Kier molecular flexibility index (Phi) is 6.98. The fraction of sp³-hybridized carbons (Fsp3) is 0.381. The fourth-order valence-electron chi connectivity index (χ4n) is 3.97. The average Bonchev–Trinajstić information content (AvgIpc) is 3.36. The molecule has 10 nitrogen and oxygen atoms in total. The number of hydrogen-bond acceptors (Lipinski definition) is 10. The fourth-order valence-corrected chi connectivity index (χ4v) is 7.27. The Balaban J connectivity index is 1.85. The monoisotopic (exact) mass is 558 g/mol. The first-order chi connectivity index (χ1) is 16.3. The van der Waals surface area contributed by atoms with Gasteiger partial charge in [0.05, 0.1) is 56.6 Å². The van der Waals surface area contributed by atoms with Crippen molar-refractivity contribution < 1.29 is 35.2 Å². The van der Waals surface area contributed by atoms with Gasteiger partial charge in [-0.05, 0) is 26.0 Å². The molecule has 0 aliphatic carbocycles. The number of ether oxygens (including phenoxy) is 1. The van der Waals surface area contributed by atoms with Crippen LogP contribution in [0.25, 0.3) is 16.4 Å². The van der Waals surface area contributed by atoms with Crippen LogP contribution >= 0.6 is 23.1 Å². The van der Waals surface area contributed by atoms with Crippen LogP contribution in [0.2, 0.25) is 0 Å². The second kappa shape index (κ2) is 9.41. The van der Waals surface area contributed by atoms with Crippen molar-refractivity contribution in [2.24, 2.45) is 7.05 Å². The number of hydrogen-bond donors (Lipinski definition) is 0. The zero-order valence-corrected chi connectivity index (χ0v) is 22.7. The third-order valence-electron chi connectivity index (χ3n) is 5.95. The van der Waals surface area contributed by atoms with E-state index in [1.807, 2.05) is 37.6 Å². The maximum absolute atomic E-state index is 11.4. The second-order valence-corrected chi connectivity index (χ2v) is 13.2. The first-order valence-corrected chi connectivity index (χ1v) is 15.3. The number of anilines is 1. The van der Waals surface area contributed by atoms with Crippen molar-refractivity contribution in [3.8, 4) is 5.75 Å². The van der Waals surface area contributed by atoms with Gasteiger partial charge >= 0.3 is 5.65 Å². The van der Waals surface area contributed by atoms with Gasteiger partial charge < -0.3 is 18.7 Å². The molecule has 0 radical (unpaired) electrons. The molecule has 0 saturated heterocycles. The Morgan fingerprint density at radius 3 is 2.43 bits per heavy atom. The minimum atomic E-state index is -4.45. The van der Waals surface area contributed by atoms with Crippen molar-refractivity contribution >= 4 is 65.4 Å². The lowest BCUT2D eigenvalue weighted by molar-refractivity contribution is -0.666. The molecule has 0 spiro atoms. The van der Waals surface area contributed by atoms with Crippen LogP contribution in [0.5, 0.6) is 5.75 Å². The zero-order chi connectivity index (χ0) is 25.7. The Bertz CT molecular complexity index is 1550. The molecule has 3 heterocycles. The van der Waals surface area contributed by atoms with E-state index >= 15 is 0 Å². The number of aryl methyl sites for hydroxylation is 3. The first-order valence-electron chi connectivity index (χ1n) is 10.5. The maximum Gasteiger partial charge on any atom is 0.300 e. The van der Waals surface area contributed by atoms with Crippen molar-refractivity contribution in [2.75, 3.05) is 30.1 Å². The number of nitrogens with zero attached hydrogens (tertiary/aromatic N) is 3. The number of aromatic nitrogens is 2. The molecule has 0 fully saturated rings. The van der Waals surface area contributed by atoms with Crippen molar-refractivity contribution in [3.63, 3.8) is 0 Å². The van der Waals surface area contributed by atoms with Crippen molar-refractivity contribution in [3.05, 3.63) is 39.5 Å². The summed E-state index contributed by atoms with van der Waals surface area (Å²) in [5.41, 5.74) is 3.60. The van der Waals surface area contributed by atoms with E-state index in [1.165, 1.54) is 30.2 Å². The molecule has 0 N–H and O–H groups in total. The highest BCUT2D eigenvalue weighted by Gasteiger charge is 2.30. The van der Waals surface area contributed by atoms with E-state index in [1.54, 1.807) is 21.6 Å². The molecule has 0 saturated carbocycles. The van der Waals surface area contributed by atoms with E-state index in [2.05, 4.69) is 0 Å². The molecule has 0 atom stereocenters. The molecule has 1 aromatic carbocycles. The van der Waals surface area contributed by atoms with E-state index in [-0.39, 0.29) is 13.1 Å². The molecular formula is C21H24N3O7S4-. The summed E-state index contributed by atoms with van der Waals surface area (Å²) in [7, 11) is -5.48. The lowest BCUT2D eigenvalue weighted by Crippen LogP contribution is -2.40. The molecule has 2 aromatic heterocycles. The number of fused-ring (bicyclic) bond motifs is 2. The maximum atomic E-state index is 11.4. The molecule has 190 valence electrons. The van der Waals surface area contributed by atoms with Gasteiger partial charge in [0, 0.05) is 29.1 Å². The van der Waals surface area contributed by atoms with Crippen LogP contribution in [0.3, 0.4) is 0 Å². The van der Waals surface area contributed by atoms with Crippen LogP contribution in [-0.4, -0.2) is 55.7 Å². The van der Waals surface area contributed by atoms with E-state index in [0.29, 0.717) is 21.5 Å². The second-order valence-electron chi connectivity index (χ2n) is 8.11. The van der Waals surface area contributed by atoms with Gasteiger partial charge in [0.1, 0.15) is 22.7 Å². The van der Waals surface area contributed by atoms with E-state index in [4.69, 9.17) is 4.74 Å². The summed E-state index contributed by atoms with van der Waals surface area (Å²) in [6, 6.07) is 5.42. The van der Waals surface area contributed by atoms with Gasteiger partial charge in [-0.25, -0.2) is 26.0 Å². The molecule has 3 aromatic rings. The predicted molar refractivity (Wildman–Crippen MR) is 134 cm³/mol. The van der Waals surface area contributed by atoms with Gasteiger partial charge in [-0.3, -0.25) is 0 Å². The molecule has 0 unspecified atom stereocenters. The zero-order valence-electron chi connectivity index (χ0n) is 19.5. The highest BCUT2D eigenvalue weighted by Crippen LogP contribution is 2.48. The van der Waals surface area contributed by atoms with Gasteiger partial charge in [-0.2, -0.15) is 0 Å². The summed E-state index contributed by atoms with van der Waals surface area (Å²) in [6.07, 6.45) is 1.84. The molecule has 1 aliphatic heterocycles. The average molecular weight is 559 g/mol. The molecule has 0 bridgehead atoms. The number of thioether (sulfide) groups is 1. The number of rotatable bonds is 8. The van der Waals surface area contributed by atoms with Gasteiger partial charge in [-0.1, -0.05) is 23.1 Å². The van der Waals surface area contributed by atoms with Gasteiger partial charge in [0.25, 0.3) is 0 Å². The normalized spacial score (nSPS) is 15.4. The third-order valence-corrected chi connectivity index (χ3v) is 9.67. The highest BCUT2D eigenvalue weighted by molar-refractivity contribution is 8.04. The summed E-state index contributed by atoms with van der Waals surface area (Å²) < 4.78 is 78.5. The van der Waals surface area contributed by atoms with E-state index in [9.17, 15) is 25.9 Å². The van der Waals surface area contributed by atoms with E-state index in [0.717, 1.165) is 26.5 Å². The Hall–Kier alpha value is -2.10. The highest BCUT2D eigenvalue weighted by atomic mass is 32.2. The minimum Gasteiger partial charge on any atom is -0.748 e. The largest absolute Gasteiger partial charge is 0.748 e. The summed E-state index contributed by atoms with van der Waals surface area (Å²) >= 11 is 2.87. The summed E-state index contributed by atoms with van der Waals surface area (Å²) in [5, 5.41) is 1.38. The first kappa shape index (κ1) is 26.0. The van der Waals surface area contributed by atoms with Crippen molar-refractivity contribution in [2.45, 2.75) is 25.3 Å². The van der Waals surface area contributed by atoms with Crippen LogP contribution in [0.15, 0.2) is 28.1 Å². The smallest absolute Gasteiger partial charge is 0.300 e. The summed E-state index contributed by atoms with van der Waals surface area (Å²) in [4.78, 5) is 2.61. The van der Waals surface area contributed by atoms with Gasteiger partial charge in [-0.15, -0.1) is 0 Å². The topological polar surface area (TPSA) is 136 Å². The van der Waals surface area contributed by atoms with Gasteiger partial charge in [0.2, 0.25) is 0 Å². The number of benzene rings is 1. The Morgan fingerprint density at radius 2 is 1.80 bits per heavy atom. The van der Waals surface area contributed by atoms with Crippen molar-refractivity contribution in [1.29, 1.82) is 0 Å². The SMILES string of the molecule is COc1ccc2c(c1)N(CCS(=O)(=O)[O-])C(=Cc1sc3c(C)c(C)n(C)c3[n+]1CCS(=O)(=O)[O-])S2. The molecule has 35 heavy (non-hydrogen) atoms. The summed E-state index contributed by atoms with van der Waals surface area (Å²) in [6.45, 7) is 3.87. The van der Waals surface area contributed by atoms with Gasteiger partial charge in [0.15, 0.2) is 5.01 Å². The van der Waals surface area contributed by atoms with Crippen LogP contribution in [-0.2, 0) is 33.8 Å². The minimum absolute atomic E-state index is 0.0257. The van der Waals surface area contributed by atoms with E-state index < -0.39 is 31.7 Å². The lowest BCUT2D eigenvalue weighted by Gasteiger charge is -2.21. The van der Waals surface area contributed by atoms with Crippen LogP contribution in [0, 0.1) is 13.8 Å². The molecule has 0 amide bonds. The van der Waals surface area contributed by atoms with Crippen LogP contribution in [0.4, 0.5) is 5.69 Å². The van der Waals surface area contributed by atoms with Crippen LogP contribution in [0.1, 0.15) is 16.3 Å². The Labute approximate surface area is 212 Å². The van der Waals surface area contributed by atoms with Crippen molar-refractivity contribution in [1.82, 2.24) is 4.57 Å². The number of thiazole rings is 1. The standard InChI is InChI=1S/C21H25N3O7S4/c1-13-14(2)22(3)21-20(13)33-19(24(21)8-10-35(28,29)30)12-18-23(7-9-34(25,26)27)16-11-15(31-4)5-6-17(16)32-18/h5-6,11-12H,7-10H2,1-4H3,(H-,25,26,27,28,29,30)/p-1. The molecule has 1 aliphatic rings. The quantitative estimate of drug-likeness (QED) is 0.301. The number of methoxy groups -OCH3 is 1. The Morgan fingerprint density at radius 1 is 1.11 bits per heavy atom. The summed E-state index contributed by atoms with van der Waals surface area (Å²) in [5.74, 6) is -0.559. The lowest BCUT2D eigenvalue weighted by atomic mass is 10.2. The third kappa shape index (κ3) is 5.37. The molecule has 14 heteroatoms.